The van der Waals surface area contributed by atoms with Crippen LogP contribution in [0.15, 0.2) is 30.3 Å². The minimum absolute atomic E-state index is 0.139. The van der Waals surface area contributed by atoms with E-state index >= 15 is 4.39 Å². The van der Waals surface area contributed by atoms with Crippen LogP contribution in [0, 0.1) is 0 Å². The van der Waals surface area contributed by atoms with Crippen molar-refractivity contribution in [3.63, 3.8) is 0 Å². The molecule has 0 aromatic heterocycles. The summed E-state index contributed by atoms with van der Waals surface area (Å²) in [5.41, 5.74) is -1.70. The Bertz CT molecular complexity index is 1210. The number of carbonyl (C=O) groups is 1. The molecule has 3 aliphatic rings. The summed E-state index contributed by atoms with van der Waals surface area (Å²) < 4.78 is 109. The molecular formula is C22H19F7N4O3. The Morgan fingerprint density at radius 2 is 1.67 bits per heavy atom. The van der Waals surface area contributed by atoms with E-state index in [4.69, 9.17) is 9.47 Å². The molecule has 14 heteroatoms. The van der Waals surface area contributed by atoms with Crippen molar-refractivity contribution in [2.75, 3.05) is 38.7 Å². The van der Waals surface area contributed by atoms with Crippen LogP contribution in [-0.4, -0.2) is 48.9 Å². The molecule has 0 aliphatic carbocycles. The smallest absolute Gasteiger partial charge is 0.419 e. The first-order chi connectivity index (χ1) is 16.8. The summed E-state index contributed by atoms with van der Waals surface area (Å²) in [5.74, 6) is -1.38. The molecule has 5 rings (SSSR count). The molecule has 36 heavy (non-hydrogen) atoms. The van der Waals surface area contributed by atoms with Crippen LogP contribution in [0.2, 0.25) is 0 Å². The van der Waals surface area contributed by atoms with Crippen LogP contribution in [-0.2, 0) is 23.2 Å². The summed E-state index contributed by atoms with van der Waals surface area (Å²) in [6, 6.07) is -0.582. The lowest BCUT2D eigenvalue weighted by atomic mass is 9.98. The number of nitrogens with zero attached hydrogens (tertiary/aromatic N) is 2. The standard InChI is InChI=1S/C22H19F7N4O3/c1-32-5-7-33(8-6-32)17-12-3-2-4-15-18(12)36-22(29,35-15)16-13(21(26,27)28)9-11(20(23,24)25)10-14(16)30-31-19(17)34/h2-4,9-10,17,30H,5-8H2,1H3,(H,31,34). The number of piperazine rings is 1. The van der Waals surface area contributed by atoms with Gasteiger partial charge < -0.3 is 14.4 Å². The maximum Gasteiger partial charge on any atom is 0.440 e. The van der Waals surface area contributed by atoms with Crippen LogP contribution in [0.4, 0.5) is 36.4 Å². The number of hydrazine groups is 1. The summed E-state index contributed by atoms with van der Waals surface area (Å²) in [4.78, 5) is 17.1. The molecule has 1 fully saturated rings. The van der Waals surface area contributed by atoms with Gasteiger partial charge in [0.2, 0.25) is 0 Å². The van der Waals surface area contributed by atoms with Gasteiger partial charge in [0.25, 0.3) is 5.91 Å². The Labute approximate surface area is 199 Å². The molecule has 2 bridgehead atoms. The third kappa shape index (κ3) is 4.07. The van der Waals surface area contributed by atoms with Gasteiger partial charge in [-0.1, -0.05) is 12.1 Å². The van der Waals surface area contributed by atoms with E-state index in [1.165, 1.54) is 18.2 Å². The molecule has 0 saturated carbocycles. The zero-order valence-corrected chi connectivity index (χ0v) is 18.6. The minimum atomic E-state index is -5.42. The molecule has 0 radical (unpaired) electrons. The number of halogens is 7. The van der Waals surface area contributed by atoms with E-state index in [-0.39, 0.29) is 29.2 Å². The second-order valence-corrected chi connectivity index (χ2v) is 8.71. The van der Waals surface area contributed by atoms with Gasteiger partial charge in [0.05, 0.1) is 16.8 Å². The molecule has 2 aromatic rings. The number of likely N-dealkylation sites (N-methyl/N-ethyl adjacent to an activating group) is 1. The van der Waals surface area contributed by atoms with Gasteiger partial charge >= 0.3 is 18.4 Å². The number of ether oxygens (including phenoxy) is 2. The largest absolute Gasteiger partial charge is 0.440 e. The summed E-state index contributed by atoms with van der Waals surface area (Å²) in [6.07, 6.45) is -10.6. The fraction of sp³-hybridized carbons (Fsp3) is 0.409. The van der Waals surface area contributed by atoms with Crippen molar-refractivity contribution in [1.82, 2.24) is 15.2 Å². The van der Waals surface area contributed by atoms with E-state index in [0.717, 1.165) is 0 Å². The highest BCUT2D eigenvalue weighted by atomic mass is 19.4. The normalized spacial score (nSPS) is 24.8. The van der Waals surface area contributed by atoms with Gasteiger partial charge in [-0.2, -0.15) is 30.7 Å². The number of amides is 1. The van der Waals surface area contributed by atoms with Gasteiger partial charge in [0.1, 0.15) is 11.6 Å². The molecule has 2 N–H and O–H groups in total. The summed E-state index contributed by atoms with van der Waals surface area (Å²) in [6.45, 7) is 1.99. The van der Waals surface area contributed by atoms with Crippen LogP contribution in [0.3, 0.4) is 0 Å². The molecule has 1 saturated heterocycles. The SMILES string of the molecule is CN1CCN(C2C(=O)NNc3cc(C(F)(F)F)cc(C(F)(F)F)c3C3(F)Oc4cccc2c4O3)CC1. The van der Waals surface area contributed by atoms with E-state index < -0.39 is 52.7 Å². The molecule has 3 aliphatic heterocycles. The summed E-state index contributed by atoms with van der Waals surface area (Å²) in [5, 5.41) is 0. The number of benzene rings is 2. The highest BCUT2D eigenvalue weighted by Crippen LogP contribution is 2.54. The number of nitrogens with one attached hydrogen (secondary N) is 2. The van der Waals surface area contributed by atoms with Crippen LogP contribution in [0.5, 0.6) is 11.5 Å². The van der Waals surface area contributed by atoms with Gasteiger partial charge in [-0.15, -0.1) is 0 Å². The van der Waals surface area contributed by atoms with E-state index in [2.05, 4.69) is 10.9 Å². The number of rotatable bonds is 1. The van der Waals surface area contributed by atoms with Gasteiger partial charge in [0, 0.05) is 31.7 Å². The zero-order chi connectivity index (χ0) is 26.0. The number of hydrogen-bond acceptors (Lipinski definition) is 6. The predicted molar refractivity (Wildman–Crippen MR) is 111 cm³/mol. The number of carbonyl (C=O) groups excluding carboxylic acids is 1. The van der Waals surface area contributed by atoms with E-state index in [0.29, 0.717) is 26.2 Å². The van der Waals surface area contributed by atoms with Crippen molar-refractivity contribution < 1.29 is 45.0 Å². The van der Waals surface area contributed by atoms with Crippen molar-refractivity contribution in [2.24, 2.45) is 0 Å². The van der Waals surface area contributed by atoms with E-state index in [9.17, 15) is 31.1 Å². The van der Waals surface area contributed by atoms with E-state index in [1.807, 2.05) is 11.9 Å². The molecule has 0 spiro atoms. The number of anilines is 1. The van der Waals surface area contributed by atoms with Crippen molar-refractivity contribution in [3.8, 4) is 11.5 Å². The Morgan fingerprint density at radius 3 is 2.31 bits per heavy atom. The molecule has 2 aromatic carbocycles. The lowest BCUT2D eigenvalue weighted by Crippen LogP contribution is -2.51. The van der Waals surface area contributed by atoms with Crippen LogP contribution >= 0.6 is 0 Å². The molecule has 194 valence electrons. The molecular weight excluding hydrogens is 501 g/mol. The van der Waals surface area contributed by atoms with Gasteiger partial charge in [0.15, 0.2) is 11.5 Å². The van der Waals surface area contributed by atoms with Crippen LogP contribution in [0.1, 0.15) is 28.3 Å². The molecule has 3 heterocycles. The molecule has 2 unspecified atom stereocenters. The Morgan fingerprint density at radius 1 is 0.972 bits per heavy atom. The van der Waals surface area contributed by atoms with Crippen molar-refractivity contribution >= 4 is 11.6 Å². The van der Waals surface area contributed by atoms with Crippen molar-refractivity contribution in [2.45, 2.75) is 24.4 Å². The first kappa shape index (κ1) is 24.4. The third-order valence-electron chi connectivity index (χ3n) is 6.32. The fourth-order valence-corrected chi connectivity index (χ4v) is 4.56. The quantitative estimate of drug-likeness (QED) is 0.554. The van der Waals surface area contributed by atoms with E-state index in [1.54, 1.807) is 4.90 Å². The summed E-state index contributed by atoms with van der Waals surface area (Å²) in [7, 11) is 1.88. The highest BCUT2D eigenvalue weighted by Gasteiger charge is 2.54. The second-order valence-electron chi connectivity index (χ2n) is 8.71. The number of para-hydroxylation sites is 1. The first-order valence-electron chi connectivity index (χ1n) is 10.8. The Balaban J connectivity index is 1.70. The average Bonchev–Trinajstić information content (AvgIpc) is 3.14. The maximum atomic E-state index is 16.2. The number of alkyl halides is 7. The van der Waals surface area contributed by atoms with Crippen LogP contribution < -0.4 is 20.3 Å². The zero-order valence-electron chi connectivity index (χ0n) is 18.6. The van der Waals surface area contributed by atoms with Crippen molar-refractivity contribution in [1.29, 1.82) is 0 Å². The molecule has 7 nitrogen and oxygen atoms in total. The average molecular weight is 520 g/mol. The minimum Gasteiger partial charge on any atom is -0.419 e. The van der Waals surface area contributed by atoms with Gasteiger partial charge in [-0.25, -0.2) is 0 Å². The molecule has 1 amide bonds. The van der Waals surface area contributed by atoms with Crippen molar-refractivity contribution in [3.05, 3.63) is 52.6 Å². The Hall–Kier alpha value is -3.26. The monoisotopic (exact) mass is 520 g/mol. The lowest BCUT2D eigenvalue weighted by Gasteiger charge is -2.38. The molecule has 2 atom stereocenters. The maximum absolute atomic E-state index is 16.2. The highest BCUT2D eigenvalue weighted by molar-refractivity contribution is 5.86. The third-order valence-corrected chi connectivity index (χ3v) is 6.32. The number of fused-ring (bicyclic) bond motifs is 3. The number of hydrogen-bond donors (Lipinski definition) is 2. The summed E-state index contributed by atoms with van der Waals surface area (Å²) >= 11 is 0. The fourth-order valence-electron chi connectivity index (χ4n) is 4.56. The van der Waals surface area contributed by atoms with Crippen LogP contribution in [0.25, 0.3) is 0 Å². The topological polar surface area (TPSA) is 66.1 Å². The van der Waals surface area contributed by atoms with Gasteiger partial charge in [-0.3, -0.25) is 20.5 Å². The Kier molecular flexibility index (Phi) is 5.52. The lowest BCUT2D eigenvalue weighted by molar-refractivity contribution is -0.207. The first-order valence-corrected chi connectivity index (χ1v) is 10.8. The van der Waals surface area contributed by atoms with Gasteiger partial charge in [-0.05, 0) is 25.2 Å². The second kappa shape index (κ2) is 8.13. The predicted octanol–water partition coefficient (Wildman–Crippen LogP) is 4.02.